The van der Waals surface area contributed by atoms with Gasteiger partial charge in [0.15, 0.2) is 5.78 Å². The van der Waals surface area contributed by atoms with Crippen molar-refractivity contribution in [1.82, 2.24) is 15.1 Å². The average Bonchev–Trinajstić information content (AvgIpc) is 3.45. The van der Waals surface area contributed by atoms with Gasteiger partial charge in [-0.3, -0.25) is 24.0 Å². The third kappa shape index (κ3) is 10.4. The van der Waals surface area contributed by atoms with E-state index >= 15 is 0 Å². The van der Waals surface area contributed by atoms with Gasteiger partial charge in [0.1, 0.15) is 11.8 Å². The topological polar surface area (TPSA) is 104 Å². The van der Waals surface area contributed by atoms with Gasteiger partial charge >= 0.3 is 0 Å². The maximum atomic E-state index is 14.4. The van der Waals surface area contributed by atoms with Crippen molar-refractivity contribution in [3.8, 4) is 0 Å². The molecular formula is C45H53N3O5S. The molecule has 3 aromatic carbocycles. The van der Waals surface area contributed by atoms with E-state index in [1.54, 1.807) is 28.5 Å². The molecule has 54 heavy (non-hydrogen) atoms. The number of rotatable bonds is 15. The first-order valence-electron chi connectivity index (χ1n) is 19.6. The van der Waals surface area contributed by atoms with Crippen LogP contribution in [0.15, 0.2) is 103 Å². The summed E-state index contributed by atoms with van der Waals surface area (Å²) in [6.45, 7) is 2.51. The van der Waals surface area contributed by atoms with Crippen LogP contribution in [-0.4, -0.2) is 68.8 Å². The standard InChI is InChI=1S/C45H53N3O5S/c1-32(49)40-21-13-22-42-48(40)44(52)38(25-27-54-42)30-41(50)36(28-33-14-5-2-6-15-33)23-24-37(29-34-16-7-3-8-17-34)43(51)46-39-20-11-12-26-47(45(39)53)31-35-18-9-4-10-19-35/h2-12,14-19,36-40,42H,13,20-31H2,1H3,(H,46,51)/t36-,37-,38-,39?,40+,42+/m1/s1. The average molecular weight is 748 g/mol. The first kappa shape index (κ1) is 39.2. The Labute approximate surface area is 324 Å². The summed E-state index contributed by atoms with van der Waals surface area (Å²) in [5.41, 5.74) is 3.07. The Bertz CT molecular complexity index is 1770. The van der Waals surface area contributed by atoms with Gasteiger partial charge in [-0.25, -0.2) is 0 Å². The van der Waals surface area contributed by atoms with Crippen molar-refractivity contribution in [3.63, 3.8) is 0 Å². The number of piperidine rings is 1. The van der Waals surface area contributed by atoms with Gasteiger partial charge in [-0.2, -0.15) is 0 Å². The van der Waals surface area contributed by atoms with E-state index in [0.29, 0.717) is 58.0 Å². The number of thioether (sulfide) groups is 1. The largest absolute Gasteiger partial charge is 0.344 e. The van der Waals surface area contributed by atoms with E-state index in [2.05, 4.69) is 5.32 Å². The van der Waals surface area contributed by atoms with Gasteiger partial charge in [0.05, 0.1) is 11.4 Å². The van der Waals surface area contributed by atoms with Gasteiger partial charge in [0.2, 0.25) is 17.7 Å². The summed E-state index contributed by atoms with van der Waals surface area (Å²) in [5, 5.41) is 3.10. The van der Waals surface area contributed by atoms with E-state index in [-0.39, 0.29) is 41.1 Å². The van der Waals surface area contributed by atoms with Crippen molar-refractivity contribution in [2.45, 2.75) is 95.1 Å². The summed E-state index contributed by atoms with van der Waals surface area (Å²) in [5.74, 6) is -0.897. The highest BCUT2D eigenvalue weighted by molar-refractivity contribution is 7.99. The Morgan fingerprint density at radius 1 is 0.759 bits per heavy atom. The molecule has 284 valence electrons. The minimum atomic E-state index is -0.684. The summed E-state index contributed by atoms with van der Waals surface area (Å²) in [7, 11) is 0. The Morgan fingerprint density at radius 3 is 2.02 bits per heavy atom. The Hall–Kier alpha value is -4.50. The van der Waals surface area contributed by atoms with Crippen LogP contribution in [-0.2, 0) is 43.4 Å². The minimum absolute atomic E-state index is 0.00999. The van der Waals surface area contributed by atoms with Crippen molar-refractivity contribution in [2.75, 3.05) is 12.3 Å². The molecular weight excluding hydrogens is 695 g/mol. The number of hydrogen-bond donors (Lipinski definition) is 1. The highest BCUT2D eigenvalue weighted by atomic mass is 32.2. The van der Waals surface area contributed by atoms with Crippen molar-refractivity contribution in [3.05, 3.63) is 120 Å². The summed E-state index contributed by atoms with van der Waals surface area (Å²) in [6, 6.07) is 28.5. The van der Waals surface area contributed by atoms with Crippen molar-refractivity contribution < 1.29 is 24.0 Å². The van der Waals surface area contributed by atoms with Gasteiger partial charge < -0.3 is 15.1 Å². The Kier molecular flexibility index (Phi) is 13.9. The van der Waals surface area contributed by atoms with Crippen LogP contribution in [0.4, 0.5) is 0 Å². The Balaban J connectivity index is 1.18. The molecule has 8 nitrogen and oxygen atoms in total. The number of Topliss-reactive ketones (excluding diaryl/α,β-unsaturated/α-hetero) is 2. The zero-order valence-corrected chi connectivity index (χ0v) is 32.1. The molecule has 3 aromatic rings. The number of amides is 3. The lowest BCUT2D eigenvalue weighted by Crippen LogP contribution is -2.52. The van der Waals surface area contributed by atoms with E-state index in [0.717, 1.165) is 35.3 Å². The van der Waals surface area contributed by atoms with Crippen molar-refractivity contribution in [2.24, 2.45) is 17.8 Å². The number of carbonyl (C=O) groups excluding carboxylic acids is 5. The first-order valence-corrected chi connectivity index (χ1v) is 20.6. The van der Waals surface area contributed by atoms with E-state index in [4.69, 9.17) is 0 Å². The molecule has 0 radical (unpaired) electrons. The zero-order valence-electron chi connectivity index (χ0n) is 31.3. The lowest BCUT2D eigenvalue weighted by molar-refractivity contribution is -0.146. The molecule has 2 saturated heterocycles. The van der Waals surface area contributed by atoms with Crippen molar-refractivity contribution >= 4 is 41.0 Å². The van der Waals surface area contributed by atoms with Gasteiger partial charge in [-0.05, 0) is 87.2 Å². The highest BCUT2D eigenvalue weighted by Gasteiger charge is 2.42. The molecule has 0 aliphatic carbocycles. The number of fused-ring (bicyclic) bond motifs is 1. The second kappa shape index (κ2) is 19.2. The Morgan fingerprint density at radius 2 is 1.37 bits per heavy atom. The zero-order chi connectivity index (χ0) is 37.9. The van der Waals surface area contributed by atoms with Crippen LogP contribution in [0.1, 0.15) is 75.0 Å². The summed E-state index contributed by atoms with van der Waals surface area (Å²) in [4.78, 5) is 72.6. The maximum Gasteiger partial charge on any atom is 0.246 e. The monoisotopic (exact) mass is 747 g/mol. The van der Waals surface area contributed by atoms with Gasteiger partial charge in [0.25, 0.3) is 0 Å². The number of nitrogens with zero attached hydrogens (tertiary/aromatic N) is 2. The molecule has 2 fully saturated rings. The van der Waals surface area contributed by atoms with E-state index in [1.165, 1.54) is 0 Å². The molecule has 0 bridgehead atoms. The molecule has 6 atom stereocenters. The number of ketones is 2. The van der Waals surface area contributed by atoms with Crippen LogP contribution in [0.3, 0.4) is 0 Å². The van der Waals surface area contributed by atoms with Gasteiger partial charge in [-0.15, -0.1) is 11.8 Å². The maximum absolute atomic E-state index is 14.4. The predicted molar refractivity (Wildman–Crippen MR) is 213 cm³/mol. The quantitative estimate of drug-likeness (QED) is 0.169. The van der Waals surface area contributed by atoms with E-state index in [9.17, 15) is 24.0 Å². The van der Waals surface area contributed by atoms with Crippen LogP contribution in [0.25, 0.3) is 0 Å². The van der Waals surface area contributed by atoms with E-state index < -0.39 is 29.8 Å². The van der Waals surface area contributed by atoms with Gasteiger partial charge in [-0.1, -0.05) is 103 Å². The second-order valence-electron chi connectivity index (χ2n) is 15.1. The lowest BCUT2D eigenvalue weighted by Gasteiger charge is -2.40. The third-order valence-corrected chi connectivity index (χ3v) is 12.5. The normalized spacial score (nSPS) is 22.8. The second-order valence-corrected chi connectivity index (χ2v) is 16.4. The van der Waals surface area contributed by atoms with Crippen LogP contribution in [0, 0.1) is 17.8 Å². The molecule has 0 saturated carbocycles. The number of hydrogen-bond acceptors (Lipinski definition) is 6. The molecule has 1 unspecified atom stereocenters. The summed E-state index contributed by atoms with van der Waals surface area (Å²) in [6.07, 6.45) is 9.47. The fourth-order valence-electron chi connectivity index (χ4n) is 8.21. The molecule has 1 N–H and O–H groups in total. The van der Waals surface area contributed by atoms with Crippen LogP contribution < -0.4 is 5.32 Å². The fraction of sp³-hybridized carbons (Fsp3) is 0.444. The van der Waals surface area contributed by atoms with Crippen LogP contribution >= 0.6 is 11.8 Å². The molecule has 0 aromatic heterocycles. The highest BCUT2D eigenvalue weighted by Crippen LogP contribution is 2.37. The summed E-state index contributed by atoms with van der Waals surface area (Å²) < 4.78 is 0. The molecule has 3 heterocycles. The molecule has 3 amide bonds. The first-order chi connectivity index (χ1) is 26.3. The van der Waals surface area contributed by atoms with Crippen LogP contribution in [0.2, 0.25) is 0 Å². The summed E-state index contributed by atoms with van der Waals surface area (Å²) >= 11 is 1.73. The third-order valence-electron chi connectivity index (χ3n) is 11.2. The molecule has 0 spiro atoms. The van der Waals surface area contributed by atoms with Crippen molar-refractivity contribution in [1.29, 1.82) is 0 Å². The van der Waals surface area contributed by atoms with E-state index in [1.807, 2.05) is 103 Å². The lowest BCUT2D eigenvalue weighted by atomic mass is 9.82. The smallest absolute Gasteiger partial charge is 0.246 e. The fourth-order valence-corrected chi connectivity index (χ4v) is 9.64. The minimum Gasteiger partial charge on any atom is -0.344 e. The van der Waals surface area contributed by atoms with Gasteiger partial charge in [0, 0.05) is 37.3 Å². The molecule has 3 aliphatic heterocycles. The molecule has 9 heteroatoms. The van der Waals surface area contributed by atoms with Crippen LogP contribution in [0.5, 0.6) is 0 Å². The number of nitrogens with one attached hydrogen (secondary N) is 1. The molecule has 6 rings (SSSR count). The molecule has 3 aliphatic rings. The predicted octanol–water partition coefficient (Wildman–Crippen LogP) is 6.97. The number of carbonyl (C=O) groups is 5. The SMILES string of the molecule is CC(=O)[C@@H]1CCC[C@@H]2SCC[C@H](CC(=O)[C@H](CC[C@H](Cc3ccccc3)C(=O)NC3CC=CCN(Cc4ccccc4)C3=O)Cc3ccccc3)C(=O)N21. The number of benzene rings is 3.